The van der Waals surface area contributed by atoms with Gasteiger partial charge in [-0.25, -0.2) is 4.39 Å². The minimum atomic E-state index is -0.750. The van der Waals surface area contributed by atoms with Crippen LogP contribution in [0.5, 0.6) is 11.5 Å². The number of carbonyl (C=O) groups is 1. The number of nitrogens with zero attached hydrogens (tertiary/aromatic N) is 1. The van der Waals surface area contributed by atoms with E-state index in [-0.39, 0.29) is 22.3 Å². The fraction of sp³-hybridized carbons (Fsp3) is 0.214. The monoisotopic (exact) mass is 473 g/mol. The summed E-state index contributed by atoms with van der Waals surface area (Å²) in [7, 11) is 1.56. The molecule has 2 heterocycles. The molecular weight excluding hydrogens is 449 g/mol. The first-order valence-electron chi connectivity index (χ1n) is 11.5. The third-order valence-electron chi connectivity index (χ3n) is 6.15. The summed E-state index contributed by atoms with van der Waals surface area (Å²) in [5.74, 6) is 0.306. The quantitative estimate of drug-likeness (QED) is 0.314. The van der Waals surface area contributed by atoms with Crippen molar-refractivity contribution in [3.05, 3.63) is 99.7 Å². The highest BCUT2D eigenvalue weighted by Crippen LogP contribution is 2.42. The molecule has 1 aliphatic rings. The number of methoxy groups -OCH3 is 1. The van der Waals surface area contributed by atoms with Crippen LogP contribution >= 0.6 is 0 Å². The number of halogens is 1. The van der Waals surface area contributed by atoms with Gasteiger partial charge in [-0.1, -0.05) is 25.5 Å². The predicted octanol–water partition coefficient (Wildman–Crippen LogP) is 5.87. The number of anilines is 1. The molecular formula is C28H24FNO5. The van der Waals surface area contributed by atoms with Crippen molar-refractivity contribution in [2.45, 2.75) is 25.8 Å². The lowest BCUT2D eigenvalue weighted by Gasteiger charge is -2.25. The molecule has 35 heavy (non-hydrogen) atoms. The van der Waals surface area contributed by atoms with Crippen LogP contribution in [0, 0.1) is 5.82 Å². The molecule has 0 saturated carbocycles. The summed E-state index contributed by atoms with van der Waals surface area (Å²) in [6.45, 7) is 2.70. The molecule has 4 aromatic rings. The van der Waals surface area contributed by atoms with Gasteiger partial charge in [0.2, 0.25) is 5.76 Å². The van der Waals surface area contributed by atoms with Crippen LogP contribution in [0.1, 0.15) is 47.5 Å². The molecule has 0 fully saturated rings. The second kappa shape index (κ2) is 9.25. The normalized spacial score (nSPS) is 14.9. The molecule has 1 aromatic heterocycles. The number of amides is 1. The van der Waals surface area contributed by atoms with Crippen molar-refractivity contribution >= 4 is 22.6 Å². The second-order valence-electron chi connectivity index (χ2n) is 8.36. The Labute approximate surface area is 201 Å². The largest absolute Gasteiger partial charge is 0.497 e. The molecule has 0 saturated heterocycles. The zero-order valence-corrected chi connectivity index (χ0v) is 19.4. The number of ether oxygens (including phenoxy) is 2. The van der Waals surface area contributed by atoms with Gasteiger partial charge in [-0.15, -0.1) is 0 Å². The van der Waals surface area contributed by atoms with E-state index < -0.39 is 23.2 Å². The molecule has 0 N–H and O–H groups in total. The van der Waals surface area contributed by atoms with Gasteiger partial charge in [0.15, 0.2) is 5.43 Å². The molecule has 5 rings (SSSR count). The number of unbranched alkanes of at least 4 members (excludes halogenated alkanes) is 1. The van der Waals surface area contributed by atoms with E-state index in [2.05, 4.69) is 6.92 Å². The van der Waals surface area contributed by atoms with Gasteiger partial charge >= 0.3 is 0 Å². The number of hydrogen-bond acceptors (Lipinski definition) is 5. The lowest BCUT2D eigenvalue weighted by atomic mass is 9.98. The Kier molecular flexibility index (Phi) is 5.99. The van der Waals surface area contributed by atoms with Gasteiger partial charge in [0, 0.05) is 5.69 Å². The van der Waals surface area contributed by atoms with Crippen LogP contribution in [-0.2, 0) is 0 Å². The van der Waals surface area contributed by atoms with Gasteiger partial charge in [-0.3, -0.25) is 14.5 Å². The van der Waals surface area contributed by atoms with Crippen molar-refractivity contribution in [3.63, 3.8) is 0 Å². The Morgan fingerprint density at radius 2 is 1.69 bits per heavy atom. The van der Waals surface area contributed by atoms with Gasteiger partial charge in [0.05, 0.1) is 30.7 Å². The van der Waals surface area contributed by atoms with Gasteiger partial charge < -0.3 is 13.9 Å². The molecule has 1 aliphatic heterocycles. The summed E-state index contributed by atoms with van der Waals surface area (Å²) in [4.78, 5) is 28.7. The molecule has 0 spiro atoms. The van der Waals surface area contributed by atoms with Crippen molar-refractivity contribution in [2.75, 3.05) is 18.6 Å². The van der Waals surface area contributed by atoms with Crippen LogP contribution < -0.4 is 19.8 Å². The Morgan fingerprint density at radius 1 is 0.971 bits per heavy atom. The van der Waals surface area contributed by atoms with E-state index in [0.29, 0.717) is 29.4 Å². The summed E-state index contributed by atoms with van der Waals surface area (Å²) in [5.41, 5.74) is 1.20. The van der Waals surface area contributed by atoms with E-state index in [9.17, 15) is 14.0 Å². The summed E-state index contributed by atoms with van der Waals surface area (Å²) >= 11 is 0. The number of benzene rings is 3. The highest BCUT2D eigenvalue weighted by molar-refractivity contribution is 6.10. The van der Waals surface area contributed by atoms with Crippen LogP contribution in [-0.4, -0.2) is 19.6 Å². The highest BCUT2D eigenvalue weighted by Gasteiger charge is 2.43. The summed E-state index contributed by atoms with van der Waals surface area (Å²) in [6, 6.07) is 17.3. The first-order valence-corrected chi connectivity index (χ1v) is 11.5. The Balaban J connectivity index is 1.66. The Bertz CT molecular complexity index is 1440. The van der Waals surface area contributed by atoms with E-state index in [1.807, 2.05) is 24.3 Å². The first kappa shape index (κ1) is 22.7. The highest BCUT2D eigenvalue weighted by atomic mass is 19.1. The first-order chi connectivity index (χ1) is 17.0. The van der Waals surface area contributed by atoms with Crippen molar-refractivity contribution in [1.82, 2.24) is 0 Å². The predicted molar refractivity (Wildman–Crippen MR) is 131 cm³/mol. The molecule has 0 radical (unpaired) electrons. The van der Waals surface area contributed by atoms with E-state index in [0.717, 1.165) is 18.9 Å². The fourth-order valence-electron chi connectivity index (χ4n) is 4.35. The maximum atomic E-state index is 14.0. The molecule has 1 unspecified atom stereocenters. The van der Waals surface area contributed by atoms with Crippen molar-refractivity contribution in [2.24, 2.45) is 0 Å². The third kappa shape index (κ3) is 4.03. The van der Waals surface area contributed by atoms with Crippen LogP contribution in [0.25, 0.3) is 11.0 Å². The third-order valence-corrected chi connectivity index (χ3v) is 6.15. The van der Waals surface area contributed by atoms with Crippen molar-refractivity contribution in [3.8, 4) is 11.5 Å². The van der Waals surface area contributed by atoms with Gasteiger partial charge in [0.1, 0.15) is 22.9 Å². The average Bonchev–Trinajstić information content (AvgIpc) is 3.17. The van der Waals surface area contributed by atoms with Gasteiger partial charge in [-0.2, -0.15) is 0 Å². The molecule has 178 valence electrons. The average molecular weight is 474 g/mol. The molecule has 6 nitrogen and oxygen atoms in total. The number of hydrogen-bond donors (Lipinski definition) is 0. The zero-order chi connectivity index (χ0) is 24.5. The second-order valence-corrected chi connectivity index (χ2v) is 8.36. The standard InChI is InChI=1S/C28H24FNO5/c1-3-4-15-34-21-10-5-17(6-11-21)25-24-26(31)22-16-18(29)7-14-23(22)35-27(24)28(32)30(25)19-8-12-20(33-2)13-9-19/h5-14,16,25H,3-4,15H2,1-2H3. The number of fused-ring (bicyclic) bond motifs is 2. The molecule has 0 aliphatic carbocycles. The van der Waals surface area contributed by atoms with Crippen LogP contribution in [0.15, 0.2) is 75.9 Å². The Hall–Kier alpha value is -4.13. The molecule has 0 bridgehead atoms. The summed E-state index contributed by atoms with van der Waals surface area (Å²) in [5, 5.41) is 0.0950. The summed E-state index contributed by atoms with van der Waals surface area (Å²) < 4.78 is 30.9. The Morgan fingerprint density at radius 3 is 2.37 bits per heavy atom. The number of rotatable bonds is 7. The van der Waals surface area contributed by atoms with Gasteiger partial charge in [-0.05, 0) is 66.6 Å². The molecule has 1 amide bonds. The number of carbonyl (C=O) groups excluding carboxylic acids is 1. The lowest BCUT2D eigenvalue weighted by molar-refractivity contribution is 0.0971. The smallest absolute Gasteiger partial charge is 0.295 e. The fourth-order valence-corrected chi connectivity index (χ4v) is 4.35. The maximum Gasteiger partial charge on any atom is 0.295 e. The van der Waals surface area contributed by atoms with Crippen molar-refractivity contribution < 1.29 is 23.1 Å². The van der Waals surface area contributed by atoms with Crippen LogP contribution in [0.3, 0.4) is 0 Å². The van der Waals surface area contributed by atoms with Crippen molar-refractivity contribution in [1.29, 1.82) is 0 Å². The van der Waals surface area contributed by atoms with E-state index in [4.69, 9.17) is 13.9 Å². The summed E-state index contributed by atoms with van der Waals surface area (Å²) in [6.07, 6.45) is 1.97. The van der Waals surface area contributed by atoms with E-state index in [1.165, 1.54) is 17.0 Å². The minimum Gasteiger partial charge on any atom is -0.497 e. The minimum absolute atomic E-state index is 0.0433. The SMILES string of the molecule is CCCCOc1ccc(C2c3c(oc4ccc(F)cc4c3=O)C(=O)N2c2ccc(OC)cc2)cc1. The van der Waals surface area contributed by atoms with Gasteiger partial charge in [0.25, 0.3) is 5.91 Å². The zero-order valence-electron chi connectivity index (χ0n) is 19.4. The van der Waals surface area contributed by atoms with E-state index >= 15 is 0 Å². The molecule has 7 heteroatoms. The topological polar surface area (TPSA) is 69.0 Å². The molecule has 3 aromatic carbocycles. The molecule has 1 atom stereocenters. The lowest BCUT2D eigenvalue weighted by Crippen LogP contribution is -2.29. The maximum absolute atomic E-state index is 14.0. The van der Waals surface area contributed by atoms with Crippen LogP contribution in [0.4, 0.5) is 10.1 Å². The van der Waals surface area contributed by atoms with Crippen LogP contribution in [0.2, 0.25) is 0 Å². The van der Waals surface area contributed by atoms with E-state index in [1.54, 1.807) is 31.4 Å².